The van der Waals surface area contributed by atoms with Crippen LogP contribution in [0.4, 0.5) is 11.4 Å². The van der Waals surface area contributed by atoms with E-state index in [1.54, 1.807) is 7.11 Å². The fourth-order valence-electron chi connectivity index (χ4n) is 2.21. The second-order valence-corrected chi connectivity index (χ2v) is 5.69. The number of nitrogens with zero attached hydrogens (tertiary/aromatic N) is 2. The molecule has 1 rings (SSSR count). The molecule has 0 aliphatic heterocycles. The van der Waals surface area contributed by atoms with Gasteiger partial charge in [-0.2, -0.15) is 0 Å². The van der Waals surface area contributed by atoms with E-state index in [2.05, 4.69) is 0 Å². The predicted molar refractivity (Wildman–Crippen MR) is 87.3 cm³/mol. The molecular formula is C16H27N3O2. The largest absolute Gasteiger partial charge is 0.399 e. The van der Waals surface area contributed by atoms with Gasteiger partial charge in [0.15, 0.2) is 0 Å². The lowest BCUT2D eigenvalue weighted by Gasteiger charge is -2.27. The molecule has 0 heterocycles. The molecule has 0 bridgehead atoms. The van der Waals surface area contributed by atoms with Crippen molar-refractivity contribution in [2.24, 2.45) is 5.92 Å². The highest BCUT2D eigenvalue weighted by molar-refractivity contribution is 5.78. The molecule has 0 aromatic heterocycles. The SMILES string of the molecule is COCCN(Cc1cc(N)ccc1N(C)C)C(=O)C(C)C. The molecule has 1 amide bonds. The van der Waals surface area contributed by atoms with Gasteiger partial charge >= 0.3 is 0 Å². The Bertz CT molecular complexity index is 473. The molecule has 1 aromatic carbocycles. The fraction of sp³-hybridized carbons (Fsp3) is 0.562. The third-order valence-electron chi connectivity index (χ3n) is 3.32. The number of amides is 1. The van der Waals surface area contributed by atoms with E-state index in [4.69, 9.17) is 10.5 Å². The lowest BCUT2D eigenvalue weighted by atomic mass is 10.1. The van der Waals surface area contributed by atoms with Crippen LogP contribution in [0.1, 0.15) is 19.4 Å². The van der Waals surface area contributed by atoms with Crippen molar-refractivity contribution >= 4 is 17.3 Å². The maximum absolute atomic E-state index is 12.3. The molecule has 0 aliphatic rings. The average molecular weight is 293 g/mol. The topological polar surface area (TPSA) is 58.8 Å². The number of ether oxygens (including phenoxy) is 1. The Balaban J connectivity index is 3.01. The molecule has 0 fully saturated rings. The zero-order valence-corrected chi connectivity index (χ0v) is 13.7. The Morgan fingerprint density at radius 2 is 2.00 bits per heavy atom. The van der Waals surface area contributed by atoms with E-state index in [-0.39, 0.29) is 11.8 Å². The molecule has 21 heavy (non-hydrogen) atoms. The summed E-state index contributed by atoms with van der Waals surface area (Å²) in [6, 6.07) is 5.80. The first-order valence-corrected chi connectivity index (χ1v) is 7.20. The highest BCUT2D eigenvalue weighted by Crippen LogP contribution is 2.23. The summed E-state index contributed by atoms with van der Waals surface area (Å²) in [7, 11) is 5.61. The van der Waals surface area contributed by atoms with Crippen LogP contribution in [0.15, 0.2) is 18.2 Å². The minimum Gasteiger partial charge on any atom is -0.399 e. The third kappa shape index (κ3) is 4.93. The van der Waals surface area contributed by atoms with E-state index in [1.807, 2.05) is 55.9 Å². The van der Waals surface area contributed by atoms with Gasteiger partial charge in [0.1, 0.15) is 0 Å². The van der Waals surface area contributed by atoms with Crippen LogP contribution in [0.3, 0.4) is 0 Å². The summed E-state index contributed by atoms with van der Waals surface area (Å²) < 4.78 is 5.11. The van der Waals surface area contributed by atoms with Gasteiger partial charge in [-0.25, -0.2) is 0 Å². The van der Waals surface area contributed by atoms with E-state index >= 15 is 0 Å². The maximum Gasteiger partial charge on any atom is 0.225 e. The molecule has 118 valence electrons. The molecule has 0 aliphatic carbocycles. The standard InChI is InChI=1S/C16H27N3O2/c1-12(2)16(20)19(8-9-21-5)11-13-10-14(17)6-7-15(13)18(3)4/h6-7,10,12H,8-9,11,17H2,1-5H3. The number of anilines is 2. The van der Waals surface area contributed by atoms with Crippen molar-refractivity contribution in [2.75, 3.05) is 45.0 Å². The highest BCUT2D eigenvalue weighted by atomic mass is 16.5. The molecule has 1 aromatic rings. The van der Waals surface area contributed by atoms with E-state index in [0.29, 0.717) is 25.4 Å². The number of carbonyl (C=O) groups excluding carboxylic acids is 1. The maximum atomic E-state index is 12.3. The quantitative estimate of drug-likeness (QED) is 0.781. The van der Waals surface area contributed by atoms with Gasteiger partial charge in [-0.15, -0.1) is 0 Å². The van der Waals surface area contributed by atoms with Gasteiger partial charge < -0.3 is 20.3 Å². The lowest BCUT2D eigenvalue weighted by molar-refractivity contribution is -0.135. The summed E-state index contributed by atoms with van der Waals surface area (Å²) in [5.74, 6) is 0.0879. The number of carbonyl (C=O) groups is 1. The summed E-state index contributed by atoms with van der Waals surface area (Å²) in [5.41, 5.74) is 8.72. The summed E-state index contributed by atoms with van der Waals surface area (Å²) in [6.07, 6.45) is 0. The molecule has 0 atom stereocenters. The highest BCUT2D eigenvalue weighted by Gasteiger charge is 2.19. The van der Waals surface area contributed by atoms with Crippen LogP contribution in [-0.4, -0.2) is 45.2 Å². The summed E-state index contributed by atoms with van der Waals surface area (Å²) in [6.45, 7) is 5.47. The molecule has 0 radical (unpaired) electrons. The van der Waals surface area contributed by atoms with Crippen LogP contribution in [0.5, 0.6) is 0 Å². The van der Waals surface area contributed by atoms with Crippen LogP contribution in [0.2, 0.25) is 0 Å². The zero-order chi connectivity index (χ0) is 16.0. The zero-order valence-electron chi connectivity index (χ0n) is 13.7. The predicted octanol–water partition coefficient (Wildman–Crippen LogP) is 1.97. The summed E-state index contributed by atoms with van der Waals surface area (Å²) >= 11 is 0. The fourth-order valence-corrected chi connectivity index (χ4v) is 2.21. The lowest BCUT2D eigenvalue weighted by Crippen LogP contribution is -2.36. The van der Waals surface area contributed by atoms with Crippen LogP contribution in [0.25, 0.3) is 0 Å². The van der Waals surface area contributed by atoms with Crippen LogP contribution < -0.4 is 10.6 Å². The number of nitrogen functional groups attached to an aromatic ring is 1. The van der Waals surface area contributed by atoms with Crippen molar-refractivity contribution < 1.29 is 9.53 Å². The molecule has 0 saturated carbocycles. The average Bonchev–Trinajstić information content (AvgIpc) is 2.42. The van der Waals surface area contributed by atoms with E-state index in [9.17, 15) is 4.79 Å². The van der Waals surface area contributed by atoms with E-state index in [1.165, 1.54) is 0 Å². The Morgan fingerprint density at radius 3 is 2.52 bits per heavy atom. The number of hydrogen-bond acceptors (Lipinski definition) is 4. The number of rotatable bonds is 7. The number of nitrogens with two attached hydrogens (primary N) is 1. The number of hydrogen-bond donors (Lipinski definition) is 1. The van der Waals surface area contributed by atoms with E-state index < -0.39 is 0 Å². The van der Waals surface area contributed by atoms with Gasteiger partial charge in [-0.1, -0.05) is 13.8 Å². The van der Waals surface area contributed by atoms with Gasteiger partial charge in [0.05, 0.1) is 6.61 Å². The molecule has 0 spiro atoms. The molecular weight excluding hydrogens is 266 g/mol. The van der Waals surface area contributed by atoms with Crippen molar-refractivity contribution in [1.29, 1.82) is 0 Å². The third-order valence-corrected chi connectivity index (χ3v) is 3.32. The molecule has 2 N–H and O–H groups in total. The molecule has 5 heteroatoms. The Labute approximate surface area is 127 Å². The Morgan fingerprint density at radius 1 is 1.33 bits per heavy atom. The van der Waals surface area contributed by atoms with Crippen molar-refractivity contribution in [3.63, 3.8) is 0 Å². The smallest absolute Gasteiger partial charge is 0.225 e. The summed E-state index contributed by atoms with van der Waals surface area (Å²) in [4.78, 5) is 16.2. The van der Waals surface area contributed by atoms with E-state index in [0.717, 1.165) is 11.3 Å². The minimum atomic E-state index is -0.0364. The minimum absolute atomic E-state index is 0.0364. The van der Waals surface area contributed by atoms with Gasteiger partial charge in [0.2, 0.25) is 5.91 Å². The van der Waals surface area contributed by atoms with Gasteiger partial charge in [0, 0.05) is 51.6 Å². The van der Waals surface area contributed by atoms with Crippen molar-refractivity contribution in [1.82, 2.24) is 4.90 Å². The second-order valence-electron chi connectivity index (χ2n) is 5.69. The number of methoxy groups -OCH3 is 1. The van der Waals surface area contributed by atoms with Crippen molar-refractivity contribution in [3.05, 3.63) is 23.8 Å². The van der Waals surface area contributed by atoms with Crippen molar-refractivity contribution in [3.8, 4) is 0 Å². The van der Waals surface area contributed by atoms with Crippen molar-refractivity contribution in [2.45, 2.75) is 20.4 Å². The van der Waals surface area contributed by atoms with Gasteiger partial charge in [-0.3, -0.25) is 4.79 Å². The number of benzene rings is 1. The molecule has 5 nitrogen and oxygen atoms in total. The first-order chi connectivity index (χ1) is 9.86. The second kappa shape index (κ2) is 7.88. The monoisotopic (exact) mass is 293 g/mol. The molecule has 0 unspecified atom stereocenters. The normalized spacial score (nSPS) is 10.8. The first kappa shape index (κ1) is 17.3. The van der Waals surface area contributed by atoms with Gasteiger partial charge in [-0.05, 0) is 23.8 Å². The Hall–Kier alpha value is -1.75. The van der Waals surface area contributed by atoms with Crippen LogP contribution in [0, 0.1) is 5.92 Å². The van der Waals surface area contributed by atoms with Crippen LogP contribution in [-0.2, 0) is 16.1 Å². The first-order valence-electron chi connectivity index (χ1n) is 7.20. The van der Waals surface area contributed by atoms with Gasteiger partial charge in [0.25, 0.3) is 0 Å². The van der Waals surface area contributed by atoms with Crippen LogP contribution >= 0.6 is 0 Å². The Kier molecular flexibility index (Phi) is 6.49. The molecule has 0 saturated heterocycles. The summed E-state index contributed by atoms with van der Waals surface area (Å²) in [5, 5.41) is 0.